The number of aliphatic hydroxyl groups excluding tert-OH is 3. The second-order valence-corrected chi connectivity index (χ2v) is 3.59. The Kier molecular flexibility index (Phi) is 29.1. The first kappa shape index (κ1) is 28.0. The molecule has 18 heavy (non-hydrogen) atoms. The zero-order chi connectivity index (χ0) is 13.0. The summed E-state index contributed by atoms with van der Waals surface area (Å²) in [5, 5.41) is 25.7. The fraction of sp³-hybridized carbons (Fsp3) is 1.00. The van der Waals surface area contributed by atoms with Crippen molar-refractivity contribution in [1.29, 1.82) is 0 Å². The van der Waals surface area contributed by atoms with Crippen LogP contribution in [0.5, 0.6) is 0 Å². The van der Waals surface area contributed by atoms with Gasteiger partial charge in [0.2, 0.25) is 0 Å². The SMILES string of the molecule is O=S(=O)([O-])[O-].OCCCN(CCO)CCO.[Na+].[Na+]. The Bertz CT molecular complexity index is 226. The van der Waals surface area contributed by atoms with E-state index in [1.807, 2.05) is 4.90 Å². The number of hydrogen-bond donors (Lipinski definition) is 3. The molecule has 11 heteroatoms. The third-order valence-electron chi connectivity index (χ3n) is 1.46. The van der Waals surface area contributed by atoms with Crippen molar-refractivity contribution in [2.75, 3.05) is 39.5 Å². The van der Waals surface area contributed by atoms with Crippen molar-refractivity contribution >= 4 is 10.4 Å². The van der Waals surface area contributed by atoms with E-state index in [0.29, 0.717) is 19.5 Å². The van der Waals surface area contributed by atoms with Crippen LogP contribution in [-0.4, -0.2) is 77.2 Å². The van der Waals surface area contributed by atoms with Gasteiger partial charge in [0.15, 0.2) is 0 Å². The Morgan fingerprint density at radius 3 is 1.39 bits per heavy atom. The smallest absolute Gasteiger partial charge is 0.759 e. The van der Waals surface area contributed by atoms with Gasteiger partial charge < -0.3 is 24.4 Å². The third-order valence-corrected chi connectivity index (χ3v) is 1.46. The van der Waals surface area contributed by atoms with Crippen molar-refractivity contribution < 1.29 is 92.0 Å². The first-order valence-corrected chi connectivity index (χ1v) is 5.90. The summed E-state index contributed by atoms with van der Waals surface area (Å²) < 4.78 is 34.1. The van der Waals surface area contributed by atoms with Gasteiger partial charge in [0.05, 0.1) is 13.2 Å². The molecule has 0 spiro atoms. The van der Waals surface area contributed by atoms with Crippen LogP contribution in [0.15, 0.2) is 0 Å². The minimum atomic E-state index is -5.17. The zero-order valence-corrected chi connectivity index (χ0v) is 15.6. The monoisotopic (exact) mass is 305 g/mol. The molecule has 0 radical (unpaired) electrons. The maximum Gasteiger partial charge on any atom is 1.00 e. The maximum absolute atomic E-state index is 8.58. The van der Waals surface area contributed by atoms with Gasteiger partial charge in [-0.05, 0) is 6.42 Å². The fourth-order valence-corrected chi connectivity index (χ4v) is 0.913. The molecule has 0 rings (SSSR count). The molecule has 0 aliphatic heterocycles. The summed E-state index contributed by atoms with van der Waals surface area (Å²) in [7, 11) is -5.17. The maximum atomic E-state index is 8.58. The Morgan fingerprint density at radius 2 is 1.17 bits per heavy atom. The Morgan fingerprint density at radius 1 is 0.833 bits per heavy atom. The van der Waals surface area contributed by atoms with E-state index in [0.717, 1.165) is 6.54 Å². The number of rotatable bonds is 7. The van der Waals surface area contributed by atoms with Crippen LogP contribution < -0.4 is 59.1 Å². The third kappa shape index (κ3) is 36.1. The van der Waals surface area contributed by atoms with Crippen molar-refractivity contribution in [2.24, 2.45) is 0 Å². The van der Waals surface area contributed by atoms with Gasteiger partial charge >= 0.3 is 59.1 Å². The Labute approximate surface area is 152 Å². The fourth-order valence-electron chi connectivity index (χ4n) is 0.913. The second kappa shape index (κ2) is 18.7. The predicted octanol–water partition coefficient (Wildman–Crippen LogP) is -8.67. The second-order valence-electron chi connectivity index (χ2n) is 2.77. The molecule has 0 aliphatic rings. The van der Waals surface area contributed by atoms with Crippen molar-refractivity contribution in [3.05, 3.63) is 0 Å². The standard InChI is InChI=1S/C7H17NO3.2Na.H2O4S/c9-5-1-2-8(3-6-10)4-7-11;;;1-5(2,3)4/h9-11H,1-7H2;;;(H2,1,2,3,4)/q;2*+1;/p-2. The molecular weight excluding hydrogens is 288 g/mol. The Balaban J connectivity index is -0.000000122. The molecule has 0 heterocycles. The number of hydrogen-bond acceptors (Lipinski definition) is 8. The molecule has 0 saturated heterocycles. The first-order valence-electron chi connectivity index (χ1n) is 4.56. The molecular formula is C7H17NNa2O7S. The van der Waals surface area contributed by atoms with E-state index in [-0.39, 0.29) is 78.9 Å². The van der Waals surface area contributed by atoms with Crippen LogP contribution in [0, 0.1) is 0 Å². The van der Waals surface area contributed by atoms with Crippen molar-refractivity contribution in [3.63, 3.8) is 0 Å². The average Bonchev–Trinajstić information content (AvgIpc) is 2.12. The molecule has 3 N–H and O–H groups in total. The summed E-state index contributed by atoms with van der Waals surface area (Å²) in [4.78, 5) is 1.91. The van der Waals surface area contributed by atoms with E-state index in [1.54, 1.807) is 0 Å². The van der Waals surface area contributed by atoms with Crippen LogP contribution in [0.2, 0.25) is 0 Å². The predicted molar refractivity (Wildman–Crippen MR) is 52.8 cm³/mol. The van der Waals surface area contributed by atoms with Crippen molar-refractivity contribution in [2.45, 2.75) is 6.42 Å². The molecule has 8 nitrogen and oxygen atoms in total. The normalized spacial score (nSPS) is 9.89. The van der Waals surface area contributed by atoms with Crippen LogP contribution in [0.25, 0.3) is 0 Å². The average molecular weight is 305 g/mol. The van der Waals surface area contributed by atoms with Gasteiger partial charge in [0.1, 0.15) is 0 Å². The van der Waals surface area contributed by atoms with Gasteiger partial charge in [-0.1, -0.05) is 0 Å². The summed E-state index contributed by atoms with van der Waals surface area (Å²) in [6, 6.07) is 0. The number of aliphatic hydroxyl groups is 3. The Hall–Kier alpha value is 1.71. The van der Waals surface area contributed by atoms with Crippen molar-refractivity contribution in [3.8, 4) is 0 Å². The van der Waals surface area contributed by atoms with E-state index in [2.05, 4.69) is 0 Å². The molecule has 0 fully saturated rings. The molecule has 0 atom stereocenters. The van der Waals surface area contributed by atoms with Crippen LogP contribution in [0.4, 0.5) is 0 Å². The summed E-state index contributed by atoms with van der Waals surface area (Å²) in [5.74, 6) is 0. The van der Waals surface area contributed by atoms with Crippen LogP contribution >= 0.6 is 0 Å². The summed E-state index contributed by atoms with van der Waals surface area (Å²) in [6.45, 7) is 2.24. The van der Waals surface area contributed by atoms with E-state index < -0.39 is 10.4 Å². The molecule has 0 aromatic carbocycles. The summed E-state index contributed by atoms with van der Waals surface area (Å²) in [6.07, 6.45) is 0.694. The van der Waals surface area contributed by atoms with Gasteiger partial charge in [0, 0.05) is 36.6 Å². The van der Waals surface area contributed by atoms with Gasteiger partial charge in [0.25, 0.3) is 0 Å². The van der Waals surface area contributed by atoms with Gasteiger partial charge in [-0.2, -0.15) is 0 Å². The summed E-state index contributed by atoms with van der Waals surface area (Å²) in [5.41, 5.74) is 0. The van der Waals surface area contributed by atoms with Gasteiger partial charge in [-0.15, -0.1) is 0 Å². The van der Waals surface area contributed by atoms with Crippen LogP contribution in [0.3, 0.4) is 0 Å². The van der Waals surface area contributed by atoms with Gasteiger partial charge in [-0.3, -0.25) is 13.3 Å². The van der Waals surface area contributed by atoms with E-state index >= 15 is 0 Å². The van der Waals surface area contributed by atoms with E-state index in [4.69, 9.17) is 32.8 Å². The minimum absolute atomic E-state index is 0. The molecule has 100 valence electrons. The van der Waals surface area contributed by atoms with Gasteiger partial charge in [-0.25, -0.2) is 0 Å². The first-order chi connectivity index (χ1) is 7.35. The van der Waals surface area contributed by atoms with E-state index in [1.165, 1.54) is 0 Å². The van der Waals surface area contributed by atoms with Crippen LogP contribution in [-0.2, 0) is 10.4 Å². The quantitative estimate of drug-likeness (QED) is 0.239. The largest absolute Gasteiger partial charge is 1.00 e. The molecule has 0 bridgehead atoms. The zero-order valence-electron chi connectivity index (χ0n) is 10.8. The molecule has 0 unspecified atom stereocenters. The molecule has 0 aromatic rings. The molecule has 0 saturated carbocycles. The molecule has 0 aliphatic carbocycles. The van der Waals surface area contributed by atoms with E-state index in [9.17, 15) is 0 Å². The van der Waals surface area contributed by atoms with Crippen LogP contribution in [0.1, 0.15) is 6.42 Å². The summed E-state index contributed by atoms with van der Waals surface area (Å²) >= 11 is 0. The molecule has 0 amide bonds. The minimum Gasteiger partial charge on any atom is -0.759 e. The molecule has 0 aromatic heterocycles. The number of nitrogens with zero attached hydrogens (tertiary/aromatic N) is 1. The van der Waals surface area contributed by atoms with Crippen molar-refractivity contribution in [1.82, 2.24) is 4.90 Å². The topological polar surface area (TPSA) is 144 Å².